The summed E-state index contributed by atoms with van der Waals surface area (Å²) in [6.45, 7) is 3.02. The first-order valence-corrected chi connectivity index (χ1v) is 7.69. The zero-order valence-corrected chi connectivity index (χ0v) is 12.5. The molecular formula is C17H23N3O. The molecule has 0 spiro atoms. The van der Waals surface area contributed by atoms with Gasteiger partial charge in [-0.05, 0) is 31.9 Å². The molecule has 1 saturated carbocycles. The average molecular weight is 285 g/mol. The van der Waals surface area contributed by atoms with Crippen molar-refractivity contribution in [2.24, 2.45) is 0 Å². The van der Waals surface area contributed by atoms with Gasteiger partial charge in [-0.2, -0.15) is 5.10 Å². The Labute approximate surface area is 125 Å². The van der Waals surface area contributed by atoms with Crippen LogP contribution in [0.1, 0.15) is 36.9 Å². The fourth-order valence-electron chi connectivity index (χ4n) is 3.11. The van der Waals surface area contributed by atoms with Gasteiger partial charge in [0.25, 0.3) is 0 Å². The molecule has 1 aliphatic carbocycles. The first-order valence-electron chi connectivity index (χ1n) is 7.69. The molecule has 3 rings (SSSR count). The zero-order valence-electron chi connectivity index (χ0n) is 12.5. The number of hydrogen-bond donors (Lipinski definition) is 2. The minimum Gasteiger partial charge on any atom is -0.394 e. The lowest BCUT2D eigenvalue weighted by molar-refractivity contribution is 0.163. The molecule has 0 amide bonds. The van der Waals surface area contributed by atoms with E-state index < -0.39 is 0 Å². The summed E-state index contributed by atoms with van der Waals surface area (Å²) >= 11 is 0. The maximum absolute atomic E-state index is 9.66. The van der Waals surface area contributed by atoms with Gasteiger partial charge >= 0.3 is 0 Å². The highest BCUT2D eigenvalue weighted by molar-refractivity contribution is 5.32. The standard InChI is InChI=1S/C17H23N3O/c1-14-15(11-18-17(13-21)9-5-6-10-17)12-20(19-14)16-7-3-2-4-8-16/h2-4,7-8,12,18,21H,5-6,9-11,13H2,1H3. The van der Waals surface area contributed by atoms with Gasteiger partial charge in [0, 0.05) is 23.8 Å². The highest BCUT2D eigenvalue weighted by Crippen LogP contribution is 2.29. The van der Waals surface area contributed by atoms with Gasteiger partial charge in [0.1, 0.15) is 0 Å². The molecule has 2 N–H and O–H groups in total. The van der Waals surface area contributed by atoms with E-state index in [9.17, 15) is 5.11 Å². The van der Waals surface area contributed by atoms with Gasteiger partial charge in [0.15, 0.2) is 0 Å². The van der Waals surface area contributed by atoms with Crippen LogP contribution in [0.2, 0.25) is 0 Å². The predicted octanol–water partition coefficient (Wildman–Crippen LogP) is 2.58. The van der Waals surface area contributed by atoms with Crippen LogP contribution >= 0.6 is 0 Å². The molecule has 1 heterocycles. The summed E-state index contributed by atoms with van der Waals surface area (Å²) in [6, 6.07) is 10.1. The Hall–Kier alpha value is -1.65. The molecule has 4 nitrogen and oxygen atoms in total. The molecule has 1 fully saturated rings. The Kier molecular flexibility index (Phi) is 4.08. The lowest BCUT2D eigenvalue weighted by Gasteiger charge is -2.28. The van der Waals surface area contributed by atoms with E-state index in [2.05, 4.69) is 28.7 Å². The molecule has 1 aromatic carbocycles. The number of para-hydroxylation sites is 1. The van der Waals surface area contributed by atoms with Gasteiger partial charge in [-0.25, -0.2) is 4.68 Å². The minimum atomic E-state index is -0.0821. The summed E-state index contributed by atoms with van der Waals surface area (Å²) in [5.74, 6) is 0. The topological polar surface area (TPSA) is 50.1 Å². The van der Waals surface area contributed by atoms with Crippen LogP contribution in [0.5, 0.6) is 0 Å². The SMILES string of the molecule is Cc1nn(-c2ccccc2)cc1CNC1(CO)CCCC1. The van der Waals surface area contributed by atoms with E-state index in [1.165, 1.54) is 18.4 Å². The van der Waals surface area contributed by atoms with E-state index in [1.54, 1.807) is 0 Å². The molecule has 0 atom stereocenters. The molecule has 1 aromatic heterocycles. The summed E-state index contributed by atoms with van der Waals surface area (Å²) in [5.41, 5.74) is 3.22. The van der Waals surface area contributed by atoms with E-state index in [0.717, 1.165) is 30.8 Å². The summed E-state index contributed by atoms with van der Waals surface area (Å²) in [5, 5.41) is 17.8. The monoisotopic (exact) mass is 285 g/mol. The molecule has 2 aromatic rings. The second-order valence-electron chi connectivity index (χ2n) is 6.02. The van der Waals surface area contributed by atoms with Crippen molar-refractivity contribution in [3.8, 4) is 5.69 Å². The molecule has 0 saturated heterocycles. The lowest BCUT2D eigenvalue weighted by Crippen LogP contribution is -2.45. The van der Waals surface area contributed by atoms with Crippen LogP contribution in [0.4, 0.5) is 0 Å². The van der Waals surface area contributed by atoms with Crippen molar-refractivity contribution in [2.45, 2.75) is 44.7 Å². The minimum absolute atomic E-state index is 0.0821. The highest BCUT2D eigenvalue weighted by Gasteiger charge is 2.32. The first-order chi connectivity index (χ1) is 10.2. The van der Waals surface area contributed by atoms with Crippen LogP contribution in [0.15, 0.2) is 36.5 Å². The van der Waals surface area contributed by atoms with Crippen LogP contribution < -0.4 is 5.32 Å². The van der Waals surface area contributed by atoms with Gasteiger partial charge in [0.2, 0.25) is 0 Å². The number of benzene rings is 1. The van der Waals surface area contributed by atoms with Crippen molar-refractivity contribution in [1.82, 2.24) is 15.1 Å². The quantitative estimate of drug-likeness (QED) is 0.887. The van der Waals surface area contributed by atoms with E-state index >= 15 is 0 Å². The van der Waals surface area contributed by atoms with E-state index in [-0.39, 0.29) is 12.1 Å². The molecule has 0 radical (unpaired) electrons. The molecule has 0 aliphatic heterocycles. The maximum atomic E-state index is 9.66. The van der Waals surface area contributed by atoms with Crippen molar-refractivity contribution in [3.05, 3.63) is 47.8 Å². The highest BCUT2D eigenvalue weighted by atomic mass is 16.3. The fraction of sp³-hybridized carbons (Fsp3) is 0.471. The molecule has 0 bridgehead atoms. The third kappa shape index (κ3) is 3.01. The first kappa shape index (κ1) is 14.3. The molecule has 0 unspecified atom stereocenters. The summed E-state index contributed by atoms with van der Waals surface area (Å²) in [6.07, 6.45) is 6.62. The van der Waals surface area contributed by atoms with Gasteiger partial charge in [-0.1, -0.05) is 31.0 Å². The summed E-state index contributed by atoms with van der Waals surface area (Å²) in [4.78, 5) is 0. The van der Waals surface area contributed by atoms with Crippen molar-refractivity contribution in [2.75, 3.05) is 6.61 Å². The third-order valence-corrected chi connectivity index (χ3v) is 4.54. The number of aryl methyl sites for hydroxylation is 1. The number of aromatic nitrogens is 2. The van der Waals surface area contributed by atoms with Crippen molar-refractivity contribution in [3.63, 3.8) is 0 Å². The predicted molar refractivity (Wildman–Crippen MR) is 83.4 cm³/mol. The van der Waals surface area contributed by atoms with Gasteiger partial charge in [0.05, 0.1) is 18.0 Å². The van der Waals surface area contributed by atoms with Gasteiger partial charge < -0.3 is 10.4 Å². The van der Waals surface area contributed by atoms with Crippen molar-refractivity contribution < 1.29 is 5.11 Å². The number of aliphatic hydroxyl groups is 1. The Morgan fingerprint density at radius 2 is 1.95 bits per heavy atom. The number of nitrogens with zero attached hydrogens (tertiary/aromatic N) is 2. The fourth-order valence-corrected chi connectivity index (χ4v) is 3.11. The number of aliphatic hydroxyl groups excluding tert-OH is 1. The van der Waals surface area contributed by atoms with Crippen molar-refractivity contribution in [1.29, 1.82) is 0 Å². The zero-order chi connectivity index (χ0) is 14.7. The Morgan fingerprint density at radius 3 is 2.62 bits per heavy atom. The van der Waals surface area contributed by atoms with E-state index in [4.69, 9.17) is 0 Å². The Morgan fingerprint density at radius 1 is 1.24 bits per heavy atom. The lowest BCUT2D eigenvalue weighted by atomic mass is 9.98. The van der Waals surface area contributed by atoms with Crippen LogP contribution in [-0.2, 0) is 6.54 Å². The van der Waals surface area contributed by atoms with Gasteiger partial charge in [-0.3, -0.25) is 0 Å². The summed E-state index contributed by atoms with van der Waals surface area (Å²) < 4.78 is 1.92. The molecule has 112 valence electrons. The average Bonchev–Trinajstić information content (AvgIpc) is 3.14. The Balaban J connectivity index is 1.73. The second kappa shape index (κ2) is 6.00. The van der Waals surface area contributed by atoms with E-state index in [1.807, 2.05) is 29.8 Å². The third-order valence-electron chi connectivity index (χ3n) is 4.54. The largest absolute Gasteiger partial charge is 0.394 e. The number of nitrogens with one attached hydrogen (secondary N) is 1. The van der Waals surface area contributed by atoms with Crippen LogP contribution in [0.3, 0.4) is 0 Å². The molecular weight excluding hydrogens is 262 g/mol. The normalized spacial score (nSPS) is 17.2. The molecule has 21 heavy (non-hydrogen) atoms. The second-order valence-corrected chi connectivity index (χ2v) is 6.02. The smallest absolute Gasteiger partial charge is 0.0645 e. The summed E-state index contributed by atoms with van der Waals surface area (Å²) in [7, 11) is 0. The van der Waals surface area contributed by atoms with Crippen molar-refractivity contribution >= 4 is 0 Å². The van der Waals surface area contributed by atoms with E-state index in [0.29, 0.717) is 0 Å². The van der Waals surface area contributed by atoms with Gasteiger partial charge in [-0.15, -0.1) is 0 Å². The number of hydrogen-bond acceptors (Lipinski definition) is 3. The molecule has 4 heteroatoms. The number of rotatable bonds is 5. The Bertz CT molecular complexity index is 585. The maximum Gasteiger partial charge on any atom is 0.0645 e. The van der Waals surface area contributed by atoms with Crippen LogP contribution in [0.25, 0.3) is 5.69 Å². The van der Waals surface area contributed by atoms with Crippen LogP contribution in [0, 0.1) is 6.92 Å². The molecule has 1 aliphatic rings. The van der Waals surface area contributed by atoms with Crippen LogP contribution in [-0.4, -0.2) is 27.0 Å².